The summed E-state index contributed by atoms with van der Waals surface area (Å²) in [6.45, 7) is 2.67. The SMILES string of the molecule is CCOc1ccc(Oc2ccc(NC(=O)CCn3nc(-c4cccs4)oc3=O)cc2)cc1. The van der Waals surface area contributed by atoms with Crippen molar-refractivity contribution in [3.63, 3.8) is 0 Å². The Labute approximate surface area is 188 Å². The zero-order valence-corrected chi connectivity index (χ0v) is 18.1. The van der Waals surface area contributed by atoms with E-state index < -0.39 is 5.76 Å². The summed E-state index contributed by atoms with van der Waals surface area (Å²) in [6, 6.07) is 18.0. The van der Waals surface area contributed by atoms with E-state index in [4.69, 9.17) is 13.9 Å². The molecule has 2 aromatic heterocycles. The number of hydrogen-bond donors (Lipinski definition) is 1. The van der Waals surface area contributed by atoms with Gasteiger partial charge in [-0.25, -0.2) is 4.79 Å². The summed E-state index contributed by atoms with van der Waals surface area (Å²) in [4.78, 5) is 25.0. The van der Waals surface area contributed by atoms with E-state index in [1.54, 1.807) is 24.3 Å². The fraction of sp³-hybridized carbons (Fsp3) is 0.174. The molecule has 0 bridgehead atoms. The predicted octanol–water partition coefficient (Wildman–Crippen LogP) is 4.78. The Morgan fingerprint density at radius 2 is 1.75 bits per heavy atom. The van der Waals surface area contributed by atoms with Gasteiger partial charge >= 0.3 is 5.76 Å². The van der Waals surface area contributed by atoms with Crippen LogP contribution in [-0.4, -0.2) is 22.3 Å². The van der Waals surface area contributed by atoms with Crippen molar-refractivity contribution in [3.05, 3.63) is 76.6 Å². The maximum Gasteiger partial charge on any atom is 0.437 e. The Morgan fingerprint density at radius 1 is 1.06 bits per heavy atom. The third kappa shape index (κ3) is 5.44. The first-order valence-electron chi connectivity index (χ1n) is 10.0. The van der Waals surface area contributed by atoms with Crippen LogP contribution in [0.2, 0.25) is 0 Å². The van der Waals surface area contributed by atoms with Crippen LogP contribution in [-0.2, 0) is 11.3 Å². The Bertz CT molecular complexity index is 1210. The number of thiophene rings is 1. The highest BCUT2D eigenvalue weighted by molar-refractivity contribution is 7.13. The molecule has 164 valence electrons. The summed E-state index contributed by atoms with van der Waals surface area (Å²) >= 11 is 1.42. The summed E-state index contributed by atoms with van der Waals surface area (Å²) in [5.41, 5.74) is 0.626. The molecule has 32 heavy (non-hydrogen) atoms. The number of carbonyl (C=O) groups excluding carboxylic acids is 1. The van der Waals surface area contributed by atoms with E-state index in [0.29, 0.717) is 23.8 Å². The van der Waals surface area contributed by atoms with E-state index in [0.717, 1.165) is 15.3 Å². The standard InChI is InChI=1S/C23H21N3O5S/c1-2-29-17-9-11-19(12-10-17)30-18-7-5-16(6-8-18)24-21(27)13-14-26-23(28)31-22(25-26)20-4-3-15-32-20/h3-12,15H,2,13-14H2,1H3,(H,24,27). The van der Waals surface area contributed by atoms with Gasteiger partial charge in [-0.3, -0.25) is 4.79 Å². The van der Waals surface area contributed by atoms with E-state index in [-0.39, 0.29) is 24.8 Å². The van der Waals surface area contributed by atoms with Crippen LogP contribution in [0.4, 0.5) is 5.69 Å². The van der Waals surface area contributed by atoms with Gasteiger partial charge in [-0.2, -0.15) is 4.68 Å². The van der Waals surface area contributed by atoms with Gasteiger partial charge in [0.15, 0.2) is 0 Å². The largest absolute Gasteiger partial charge is 0.494 e. The molecule has 0 aliphatic heterocycles. The zero-order valence-electron chi connectivity index (χ0n) is 17.3. The molecule has 0 unspecified atom stereocenters. The number of aryl methyl sites for hydroxylation is 1. The molecule has 1 N–H and O–H groups in total. The third-order valence-corrected chi connectivity index (χ3v) is 5.26. The molecule has 0 aliphatic rings. The van der Waals surface area contributed by atoms with Crippen molar-refractivity contribution in [3.8, 4) is 28.0 Å². The quantitative estimate of drug-likeness (QED) is 0.393. The molecular weight excluding hydrogens is 430 g/mol. The number of nitrogens with one attached hydrogen (secondary N) is 1. The number of nitrogens with zero attached hydrogens (tertiary/aromatic N) is 2. The number of benzene rings is 2. The van der Waals surface area contributed by atoms with Crippen molar-refractivity contribution < 1.29 is 18.7 Å². The number of hydrogen-bond acceptors (Lipinski definition) is 7. The number of anilines is 1. The average Bonchev–Trinajstić information content (AvgIpc) is 3.45. The molecule has 8 nitrogen and oxygen atoms in total. The molecule has 4 rings (SSSR count). The molecule has 0 saturated heterocycles. The first kappa shape index (κ1) is 21.4. The number of aromatic nitrogens is 2. The Morgan fingerprint density at radius 3 is 2.41 bits per heavy atom. The maximum atomic E-state index is 12.3. The molecule has 0 radical (unpaired) electrons. The van der Waals surface area contributed by atoms with Crippen LogP contribution in [0.3, 0.4) is 0 Å². The number of rotatable bonds is 9. The van der Waals surface area contributed by atoms with E-state index in [2.05, 4.69) is 10.4 Å². The highest BCUT2D eigenvalue weighted by atomic mass is 32.1. The molecule has 4 aromatic rings. The number of amides is 1. The Balaban J connectivity index is 1.29. The van der Waals surface area contributed by atoms with Crippen LogP contribution < -0.4 is 20.5 Å². The predicted molar refractivity (Wildman–Crippen MR) is 121 cm³/mol. The normalized spacial score (nSPS) is 10.7. The molecule has 1 amide bonds. The lowest BCUT2D eigenvalue weighted by Crippen LogP contribution is -2.20. The Hall–Kier alpha value is -3.85. The van der Waals surface area contributed by atoms with Gasteiger partial charge in [0.05, 0.1) is 18.0 Å². The van der Waals surface area contributed by atoms with Crippen LogP contribution in [0.5, 0.6) is 17.2 Å². The van der Waals surface area contributed by atoms with E-state index in [1.165, 1.54) is 11.3 Å². The molecule has 2 aromatic carbocycles. The number of ether oxygens (including phenoxy) is 2. The fourth-order valence-corrected chi connectivity index (χ4v) is 3.54. The minimum Gasteiger partial charge on any atom is -0.494 e. The summed E-state index contributed by atoms with van der Waals surface area (Å²) in [6.07, 6.45) is 0.0841. The summed E-state index contributed by atoms with van der Waals surface area (Å²) < 4.78 is 17.5. The van der Waals surface area contributed by atoms with Gasteiger partial charge in [-0.1, -0.05) is 6.07 Å². The molecule has 2 heterocycles. The zero-order chi connectivity index (χ0) is 22.3. The molecule has 0 saturated carbocycles. The monoisotopic (exact) mass is 451 g/mol. The minimum atomic E-state index is -0.586. The van der Waals surface area contributed by atoms with Gasteiger partial charge in [-0.05, 0) is 66.9 Å². The van der Waals surface area contributed by atoms with Crippen LogP contribution in [0.25, 0.3) is 10.8 Å². The molecule has 0 atom stereocenters. The van der Waals surface area contributed by atoms with Crippen molar-refractivity contribution in [2.24, 2.45) is 0 Å². The smallest absolute Gasteiger partial charge is 0.437 e. The number of carbonyl (C=O) groups is 1. The lowest BCUT2D eigenvalue weighted by molar-refractivity contribution is -0.116. The van der Waals surface area contributed by atoms with Crippen LogP contribution in [0.15, 0.2) is 75.3 Å². The van der Waals surface area contributed by atoms with E-state index >= 15 is 0 Å². The first-order chi connectivity index (χ1) is 15.6. The van der Waals surface area contributed by atoms with Crippen molar-refractivity contribution in [2.45, 2.75) is 19.9 Å². The van der Waals surface area contributed by atoms with Gasteiger partial charge in [0.25, 0.3) is 5.89 Å². The topological polar surface area (TPSA) is 95.6 Å². The average molecular weight is 452 g/mol. The van der Waals surface area contributed by atoms with Crippen molar-refractivity contribution >= 4 is 22.9 Å². The van der Waals surface area contributed by atoms with Gasteiger partial charge in [0, 0.05) is 12.1 Å². The van der Waals surface area contributed by atoms with Crippen LogP contribution >= 0.6 is 11.3 Å². The molecule has 0 spiro atoms. The van der Waals surface area contributed by atoms with E-state index in [1.807, 2.05) is 48.7 Å². The van der Waals surface area contributed by atoms with Crippen molar-refractivity contribution in [1.29, 1.82) is 0 Å². The van der Waals surface area contributed by atoms with Gasteiger partial charge < -0.3 is 19.2 Å². The summed E-state index contributed by atoms with van der Waals surface area (Å²) in [5, 5.41) is 8.81. The highest BCUT2D eigenvalue weighted by Crippen LogP contribution is 2.25. The summed E-state index contributed by atoms with van der Waals surface area (Å²) in [5.74, 6) is 1.55. The molecule has 9 heteroatoms. The highest BCUT2D eigenvalue weighted by Gasteiger charge is 2.12. The van der Waals surface area contributed by atoms with Gasteiger partial charge in [0.2, 0.25) is 5.91 Å². The van der Waals surface area contributed by atoms with Crippen molar-refractivity contribution in [1.82, 2.24) is 9.78 Å². The maximum absolute atomic E-state index is 12.3. The molecular formula is C23H21N3O5S. The van der Waals surface area contributed by atoms with Crippen LogP contribution in [0, 0.1) is 0 Å². The van der Waals surface area contributed by atoms with Crippen molar-refractivity contribution in [2.75, 3.05) is 11.9 Å². The fourth-order valence-electron chi connectivity index (χ4n) is 2.89. The first-order valence-corrected chi connectivity index (χ1v) is 10.9. The van der Waals surface area contributed by atoms with Gasteiger partial charge in [-0.15, -0.1) is 16.4 Å². The second kappa shape index (κ2) is 9.97. The second-order valence-electron chi connectivity index (χ2n) is 6.70. The lowest BCUT2D eigenvalue weighted by Gasteiger charge is -2.09. The minimum absolute atomic E-state index is 0.0841. The summed E-state index contributed by atoms with van der Waals surface area (Å²) in [7, 11) is 0. The molecule has 0 fully saturated rings. The Kier molecular flexibility index (Phi) is 6.66. The van der Waals surface area contributed by atoms with E-state index in [9.17, 15) is 9.59 Å². The lowest BCUT2D eigenvalue weighted by atomic mass is 10.3. The second-order valence-corrected chi connectivity index (χ2v) is 7.65. The van der Waals surface area contributed by atoms with Crippen LogP contribution in [0.1, 0.15) is 13.3 Å². The molecule has 0 aliphatic carbocycles. The van der Waals surface area contributed by atoms with Gasteiger partial charge in [0.1, 0.15) is 17.2 Å². The third-order valence-electron chi connectivity index (χ3n) is 4.40.